The minimum Gasteiger partial charge on any atom is -0.496 e. The lowest BCUT2D eigenvalue weighted by molar-refractivity contribution is 0.189. The van der Waals surface area contributed by atoms with Crippen molar-refractivity contribution in [1.82, 2.24) is 4.90 Å². The van der Waals surface area contributed by atoms with E-state index in [9.17, 15) is 0 Å². The van der Waals surface area contributed by atoms with Gasteiger partial charge < -0.3 is 4.74 Å². The first-order chi connectivity index (χ1) is 10.3. The Morgan fingerprint density at radius 1 is 1.19 bits per heavy atom. The Bertz CT molecular complexity index is 460. The van der Waals surface area contributed by atoms with Gasteiger partial charge in [0.05, 0.1) is 7.11 Å². The highest BCUT2D eigenvalue weighted by Gasteiger charge is 2.18. The molecule has 0 radical (unpaired) electrons. The molecule has 2 rings (SSSR count). The summed E-state index contributed by atoms with van der Waals surface area (Å²) >= 11 is 0. The maximum Gasteiger partial charge on any atom is 0.126 e. The summed E-state index contributed by atoms with van der Waals surface area (Å²) in [6.07, 6.45) is 13.2. The van der Waals surface area contributed by atoms with Crippen LogP contribution in [0, 0.1) is 0 Å². The first kappa shape index (κ1) is 15.8. The zero-order valence-corrected chi connectivity index (χ0v) is 13.1. The molecule has 1 aliphatic carbocycles. The number of benzene rings is 1. The number of rotatable bonds is 7. The molecule has 0 saturated heterocycles. The molecule has 1 aliphatic rings. The van der Waals surface area contributed by atoms with E-state index < -0.39 is 0 Å². The van der Waals surface area contributed by atoms with Crippen LogP contribution < -0.4 is 4.74 Å². The molecule has 0 amide bonds. The molecule has 0 heterocycles. The lowest BCUT2D eigenvalue weighted by Gasteiger charge is -2.32. The second kappa shape index (κ2) is 8.68. The summed E-state index contributed by atoms with van der Waals surface area (Å²) in [5, 5.41) is 0. The predicted molar refractivity (Wildman–Crippen MR) is 90.7 cm³/mol. The zero-order valence-electron chi connectivity index (χ0n) is 13.1. The predicted octanol–water partition coefficient (Wildman–Crippen LogP) is 4.53. The third kappa shape index (κ3) is 4.75. The molecule has 1 aromatic rings. The smallest absolute Gasteiger partial charge is 0.126 e. The number of nitrogens with zero attached hydrogens (tertiary/aromatic N) is 1. The van der Waals surface area contributed by atoms with Crippen molar-refractivity contribution < 1.29 is 4.74 Å². The molecule has 0 unspecified atom stereocenters. The standard InChI is InChI=1S/C19H27NO/c1-3-15-20(18-12-5-4-6-13-18)16-9-11-17-10-7-8-14-19(17)21-2/h3,7-11,14,18H,1,4-6,12-13,15-16H2,2H3. The Morgan fingerprint density at radius 2 is 1.95 bits per heavy atom. The van der Waals surface area contributed by atoms with Crippen LogP contribution in [0.1, 0.15) is 37.7 Å². The molecule has 1 aromatic carbocycles. The van der Waals surface area contributed by atoms with Crippen LogP contribution >= 0.6 is 0 Å². The van der Waals surface area contributed by atoms with E-state index in [4.69, 9.17) is 4.74 Å². The van der Waals surface area contributed by atoms with Crippen molar-refractivity contribution >= 4 is 6.08 Å². The fraction of sp³-hybridized carbons (Fsp3) is 0.474. The number of hydrogen-bond donors (Lipinski definition) is 0. The van der Waals surface area contributed by atoms with Gasteiger partial charge in [0.2, 0.25) is 0 Å². The first-order valence-corrected chi connectivity index (χ1v) is 7.99. The molecule has 0 bridgehead atoms. The van der Waals surface area contributed by atoms with E-state index in [1.807, 2.05) is 24.3 Å². The molecule has 114 valence electrons. The summed E-state index contributed by atoms with van der Waals surface area (Å²) in [6, 6.07) is 8.86. The molecule has 0 atom stereocenters. The van der Waals surface area contributed by atoms with E-state index in [1.165, 1.54) is 32.1 Å². The van der Waals surface area contributed by atoms with Crippen molar-refractivity contribution in [2.24, 2.45) is 0 Å². The van der Waals surface area contributed by atoms with E-state index >= 15 is 0 Å². The van der Waals surface area contributed by atoms with E-state index in [0.29, 0.717) is 0 Å². The van der Waals surface area contributed by atoms with Crippen LogP contribution in [-0.2, 0) is 0 Å². The van der Waals surface area contributed by atoms with Crippen LogP contribution in [0.25, 0.3) is 6.08 Å². The Kier molecular flexibility index (Phi) is 6.55. The van der Waals surface area contributed by atoms with Gasteiger partial charge in [0.15, 0.2) is 0 Å². The summed E-state index contributed by atoms with van der Waals surface area (Å²) < 4.78 is 5.39. The van der Waals surface area contributed by atoms with Crippen molar-refractivity contribution in [3.05, 3.63) is 48.6 Å². The summed E-state index contributed by atoms with van der Waals surface area (Å²) in [5.41, 5.74) is 1.14. The first-order valence-electron chi connectivity index (χ1n) is 7.99. The Hall–Kier alpha value is -1.54. The normalized spacial score (nSPS) is 16.5. The van der Waals surface area contributed by atoms with Gasteiger partial charge in [0.25, 0.3) is 0 Å². The highest BCUT2D eigenvalue weighted by molar-refractivity contribution is 5.57. The highest BCUT2D eigenvalue weighted by Crippen LogP contribution is 2.23. The van der Waals surface area contributed by atoms with Gasteiger partial charge in [0, 0.05) is 24.7 Å². The van der Waals surface area contributed by atoms with Gasteiger partial charge in [-0.3, -0.25) is 4.90 Å². The van der Waals surface area contributed by atoms with Crippen LogP contribution in [0.4, 0.5) is 0 Å². The molecule has 1 saturated carbocycles. The van der Waals surface area contributed by atoms with Crippen molar-refractivity contribution in [2.45, 2.75) is 38.1 Å². The number of ether oxygens (including phenoxy) is 1. The van der Waals surface area contributed by atoms with E-state index in [2.05, 4.69) is 29.7 Å². The fourth-order valence-corrected chi connectivity index (χ4v) is 3.10. The third-order valence-electron chi connectivity index (χ3n) is 4.23. The van der Waals surface area contributed by atoms with Crippen LogP contribution in [0.3, 0.4) is 0 Å². The quantitative estimate of drug-likeness (QED) is 0.682. The molecule has 1 fully saturated rings. The van der Waals surface area contributed by atoms with E-state index in [1.54, 1.807) is 7.11 Å². The minimum absolute atomic E-state index is 0.721. The molecule has 0 spiro atoms. The molecular formula is C19H27NO. The second-order valence-electron chi connectivity index (χ2n) is 5.68. The monoisotopic (exact) mass is 285 g/mol. The summed E-state index contributed by atoms with van der Waals surface area (Å²) in [6.45, 7) is 5.86. The fourth-order valence-electron chi connectivity index (χ4n) is 3.10. The van der Waals surface area contributed by atoms with E-state index in [0.717, 1.165) is 30.4 Å². The Labute approximate surface area is 129 Å². The number of methoxy groups -OCH3 is 1. The largest absolute Gasteiger partial charge is 0.496 e. The Morgan fingerprint density at radius 3 is 2.67 bits per heavy atom. The molecule has 0 N–H and O–H groups in total. The van der Waals surface area contributed by atoms with Crippen molar-refractivity contribution in [1.29, 1.82) is 0 Å². The van der Waals surface area contributed by atoms with Crippen molar-refractivity contribution in [2.75, 3.05) is 20.2 Å². The topological polar surface area (TPSA) is 12.5 Å². The molecule has 0 aliphatic heterocycles. The lowest BCUT2D eigenvalue weighted by Crippen LogP contribution is -2.37. The average molecular weight is 285 g/mol. The van der Waals surface area contributed by atoms with Gasteiger partial charge in [0.1, 0.15) is 5.75 Å². The van der Waals surface area contributed by atoms with Gasteiger partial charge in [-0.25, -0.2) is 0 Å². The van der Waals surface area contributed by atoms with Crippen molar-refractivity contribution in [3.63, 3.8) is 0 Å². The second-order valence-corrected chi connectivity index (χ2v) is 5.68. The highest BCUT2D eigenvalue weighted by atomic mass is 16.5. The van der Waals surface area contributed by atoms with Gasteiger partial charge in [-0.05, 0) is 18.9 Å². The van der Waals surface area contributed by atoms with Crippen LogP contribution in [-0.4, -0.2) is 31.1 Å². The van der Waals surface area contributed by atoms with Crippen molar-refractivity contribution in [3.8, 4) is 5.75 Å². The van der Waals surface area contributed by atoms with Gasteiger partial charge >= 0.3 is 0 Å². The number of hydrogen-bond acceptors (Lipinski definition) is 2. The molecule has 0 aromatic heterocycles. The van der Waals surface area contributed by atoms with E-state index in [-0.39, 0.29) is 0 Å². The van der Waals surface area contributed by atoms with Gasteiger partial charge in [-0.1, -0.05) is 55.7 Å². The zero-order chi connectivity index (χ0) is 14.9. The third-order valence-corrected chi connectivity index (χ3v) is 4.23. The van der Waals surface area contributed by atoms with Crippen LogP contribution in [0.2, 0.25) is 0 Å². The maximum atomic E-state index is 5.39. The van der Waals surface area contributed by atoms with Crippen LogP contribution in [0.15, 0.2) is 43.0 Å². The van der Waals surface area contributed by atoms with Gasteiger partial charge in [-0.2, -0.15) is 0 Å². The molecule has 2 heteroatoms. The summed E-state index contributed by atoms with van der Waals surface area (Å²) in [4.78, 5) is 2.54. The van der Waals surface area contributed by atoms with Crippen LogP contribution in [0.5, 0.6) is 5.75 Å². The van der Waals surface area contributed by atoms with Gasteiger partial charge in [-0.15, -0.1) is 6.58 Å². The average Bonchev–Trinajstić information content (AvgIpc) is 2.55. The summed E-state index contributed by atoms with van der Waals surface area (Å²) in [5.74, 6) is 0.932. The molecular weight excluding hydrogens is 258 g/mol. The lowest BCUT2D eigenvalue weighted by atomic mass is 9.94. The summed E-state index contributed by atoms with van der Waals surface area (Å²) in [7, 11) is 1.72. The minimum atomic E-state index is 0.721. The molecule has 21 heavy (non-hydrogen) atoms. The number of para-hydroxylation sites is 1. The molecule has 2 nitrogen and oxygen atoms in total. The SMILES string of the molecule is C=CCN(CC=Cc1ccccc1OC)C1CCCCC1. The maximum absolute atomic E-state index is 5.39. The Balaban J connectivity index is 1.97.